The van der Waals surface area contributed by atoms with E-state index in [0.717, 1.165) is 12.1 Å². The monoisotopic (exact) mass is 319 g/mol. The molecule has 1 heterocycles. The summed E-state index contributed by atoms with van der Waals surface area (Å²) in [4.78, 5) is 15.8. The number of nitriles is 1. The molecule has 2 rings (SSSR count). The van der Waals surface area contributed by atoms with Crippen LogP contribution >= 0.6 is 0 Å². The third kappa shape index (κ3) is 5.31. The number of ether oxygens (including phenoxy) is 1. The first kappa shape index (κ1) is 17.4. The number of morpholine rings is 1. The number of hydrogen-bond donors (Lipinski definition) is 0. The molecule has 0 radical (unpaired) electrons. The number of nitrogens with zero attached hydrogens (tertiary/aromatic N) is 3. The van der Waals surface area contributed by atoms with Crippen molar-refractivity contribution in [2.75, 3.05) is 39.8 Å². The lowest BCUT2D eigenvalue weighted by molar-refractivity contribution is -0.130. The summed E-state index contributed by atoms with van der Waals surface area (Å²) in [5, 5.41) is 8.55. The first-order chi connectivity index (χ1) is 11.1. The lowest BCUT2D eigenvalue weighted by Crippen LogP contribution is -2.40. The first-order valence-corrected chi connectivity index (χ1v) is 7.80. The summed E-state index contributed by atoms with van der Waals surface area (Å²) in [5.41, 5.74) is 0.952. The van der Waals surface area contributed by atoms with E-state index < -0.39 is 0 Å². The average Bonchev–Trinajstić information content (AvgIpc) is 2.58. The molecule has 1 saturated heterocycles. The number of halogens is 1. The van der Waals surface area contributed by atoms with E-state index >= 15 is 0 Å². The highest BCUT2D eigenvalue weighted by Crippen LogP contribution is 2.22. The van der Waals surface area contributed by atoms with Gasteiger partial charge in [-0.05, 0) is 17.7 Å². The molecule has 5 nitrogen and oxygen atoms in total. The fraction of sp³-hybridized carbons (Fsp3) is 0.529. The molecule has 1 aromatic rings. The van der Waals surface area contributed by atoms with Crippen molar-refractivity contribution >= 4 is 5.91 Å². The van der Waals surface area contributed by atoms with Gasteiger partial charge in [0.25, 0.3) is 0 Å². The first-order valence-electron chi connectivity index (χ1n) is 7.80. The van der Waals surface area contributed by atoms with E-state index in [2.05, 4.69) is 4.90 Å². The van der Waals surface area contributed by atoms with E-state index in [0.29, 0.717) is 39.1 Å². The molecule has 0 aliphatic carbocycles. The van der Waals surface area contributed by atoms with Gasteiger partial charge in [0, 0.05) is 39.6 Å². The number of rotatable bonds is 6. The van der Waals surface area contributed by atoms with Crippen LogP contribution in [0.1, 0.15) is 24.5 Å². The third-order valence-corrected chi connectivity index (χ3v) is 4.02. The SMILES string of the molecule is CN(CCC#N)C(=O)CCN1CCO[C@H](c2ccc(F)cc2)C1. The Kier molecular flexibility index (Phi) is 6.51. The minimum atomic E-state index is -0.257. The van der Waals surface area contributed by atoms with Crippen molar-refractivity contribution < 1.29 is 13.9 Å². The van der Waals surface area contributed by atoms with E-state index in [4.69, 9.17) is 10.00 Å². The fourth-order valence-electron chi connectivity index (χ4n) is 2.57. The molecule has 0 spiro atoms. The number of carbonyl (C=O) groups excluding carboxylic acids is 1. The van der Waals surface area contributed by atoms with Crippen LogP contribution in [-0.4, -0.2) is 55.5 Å². The Hall–Kier alpha value is -1.97. The van der Waals surface area contributed by atoms with Gasteiger partial charge < -0.3 is 9.64 Å². The van der Waals surface area contributed by atoms with Gasteiger partial charge in [-0.3, -0.25) is 9.69 Å². The molecule has 1 amide bonds. The molecule has 1 aromatic carbocycles. The van der Waals surface area contributed by atoms with Crippen molar-refractivity contribution in [3.05, 3.63) is 35.6 Å². The van der Waals surface area contributed by atoms with Crippen LogP contribution in [0, 0.1) is 17.1 Å². The summed E-state index contributed by atoms with van der Waals surface area (Å²) >= 11 is 0. The highest BCUT2D eigenvalue weighted by molar-refractivity contribution is 5.76. The molecule has 1 fully saturated rings. The molecule has 0 aromatic heterocycles. The van der Waals surface area contributed by atoms with Crippen LogP contribution in [0.2, 0.25) is 0 Å². The van der Waals surface area contributed by atoms with E-state index in [1.54, 1.807) is 24.1 Å². The number of carbonyl (C=O) groups is 1. The molecule has 0 N–H and O–H groups in total. The molecular weight excluding hydrogens is 297 g/mol. The number of benzene rings is 1. The van der Waals surface area contributed by atoms with Gasteiger partial charge in [-0.25, -0.2) is 4.39 Å². The maximum Gasteiger partial charge on any atom is 0.223 e. The zero-order chi connectivity index (χ0) is 16.7. The van der Waals surface area contributed by atoms with Crippen molar-refractivity contribution in [3.8, 4) is 6.07 Å². The fourth-order valence-corrected chi connectivity index (χ4v) is 2.57. The highest BCUT2D eigenvalue weighted by atomic mass is 19.1. The van der Waals surface area contributed by atoms with Crippen molar-refractivity contribution in [2.24, 2.45) is 0 Å². The van der Waals surface area contributed by atoms with Crippen molar-refractivity contribution in [2.45, 2.75) is 18.9 Å². The van der Waals surface area contributed by atoms with Gasteiger partial charge in [0.05, 0.1) is 25.2 Å². The molecule has 0 bridgehead atoms. The van der Waals surface area contributed by atoms with E-state index in [-0.39, 0.29) is 17.8 Å². The quantitative estimate of drug-likeness (QED) is 0.804. The molecule has 124 valence electrons. The Labute approximate surface area is 136 Å². The average molecular weight is 319 g/mol. The van der Waals surface area contributed by atoms with Gasteiger partial charge in [0.1, 0.15) is 5.82 Å². The van der Waals surface area contributed by atoms with Crippen molar-refractivity contribution in [1.82, 2.24) is 9.80 Å². The summed E-state index contributed by atoms with van der Waals surface area (Å²) in [6.07, 6.45) is 0.695. The van der Waals surface area contributed by atoms with Gasteiger partial charge >= 0.3 is 0 Å². The molecule has 1 aliphatic heterocycles. The highest BCUT2D eigenvalue weighted by Gasteiger charge is 2.22. The molecule has 1 aliphatic rings. The standard InChI is InChI=1S/C17H22FN3O2/c1-20(9-2-8-19)17(22)7-10-21-11-12-23-16(13-21)14-3-5-15(18)6-4-14/h3-6,16H,2,7,9-13H2,1H3/t16-/m0/s1. The van der Waals surface area contributed by atoms with Crippen LogP contribution in [0.25, 0.3) is 0 Å². The topological polar surface area (TPSA) is 56.6 Å². The summed E-state index contributed by atoms with van der Waals surface area (Å²) in [5.74, 6) is -0.211. The van der Waals surface area contributed by atoms with E-state index in [1.165, 1.54) is 12.1 Å². The maximum atomic E-state index is 13.0. The van der Waals surface area contributed by atoms with E-state index in [9.17, 15) is 9.18 Å². The Morgan fingerprint density at radius 2 is 2.22 bits per heavy atom. The zero-order valence-electron chi connectivity index (χ0n) is 13.4. The van der Waals surface area contributed by atoms with Crippen LogP contribution < -0.4 is 0 Å². The van der Waals surface area contributed by atoms with Gasteiger partial charge in [-0.15, -0.1) is 0 Å². The number of amides is 1. The van der Waals surface area contributed by atoms with Crippen LogP contribution in [0.15, 0.2) is 24.3 Å². The van der Waals surface area contributed by atoms with Crippen molar-refractivity contribution in [1.29, 1.82) is 5.26 Å². The summed E-state index contributed by atoms with van der Waals surface area (Å²) in [6, 6.07) is 8.39. The predicted molar refractivity (Wildman–Crippen MR) is 84.0 cm³/mol. The predicted octanol–water partition coefficient (Wildman–Crippen LogP) is 1.96. The minimum Gasteiger partial charge on any atom is -0.371 e. The van der Waals surface area contributed by atoms with Gasteiger partial charge in [-0.2, -0.15) is 5.26 Å². The Morgan fingerprint density at radius 3 is 2.91 bits per heavy atom. The Morgan fingerprint density at radius 1 is 1.48 bits per heavy atom. The van der Waals surface area contributed by atoms with Crippen LogP contribution in [0.5, 0.6) is 0 Å². The lowest BCUT2D eigenvalue weighted by atomic mass is 10.1. The summed E-state index contributed by atoms with van der Waals surface area (Å²) in [7, 11) is 1.72. The van der Waals surface area contributed by atoms with Gasteiger partial charge in [0.2, 0.25) is 5.91 Å². The number of hydrogen-bond acceptors (Lipinski definition) is 4. The molecule has 23 heavy (non-hydrogen) atoms. The second-order valence-corrected chi connectivity index (χ2v) is 5.68. The Balaban J connectivity index is 1.81. The van der Waals surface area contributed by atoms with Crippen LogP contribution in [0.3, 0.4) is 0 Å². The molecular formula is C17H22FN3O2. The second-order valence-electron chi connectivity index (χ2n) is 5.68. The van der Waals surface area contributed by atoms with Crippen LogP contribution in [0.4, 0.5) is 4.39 Å². The lowest BCUT2D eigenvalue weighted by Gasteiger charge is -2.33. The summed E-state index contributed by atoms with van der Waals surface area (Å²) < 4.78 is 18.7. The van der Waals surface area contributed by atoms with E-state index in [1.807, 2.05) is 6.07 Å². The second kappa shape index (κ2) is 8.61. The maximum absolute atomic E-state index is 13.0. The Bertz CT molecular complexity index is 556. The molecule has 1 atom stereocenters. The molecule has 0 unspecified atom stereocenters. The normalized spacial score (nSPS) is 18.4. The van der Waals surface area contributed by atoms with Gasteiger partial charge in [0.15, 0.2) is 0 Å². The minimum absolute atomic E-state index is 0.0464. The molecule has 0 saturated carbocycles. The third-order valence-electron chi connectivity index (χ3n) is 4.02. The summed E-state index contributed by atoms with van der Waals surface area (Å²) in [6.45, 7) is 3.21. The largest absolute Gasteiger partial charge is 0.371 e. The van der Waals surface area contributed by atoms with Crippen molar-refractivity contribution in [3.63, 3.8) is 0 Å². The zero-order valence-corrected chi connectivity index (χ0v) is 13.4. The smallest absolute Gasteiger partial charge is 0.223 e. The molecule has 6 heteroatoms. The van der Waals surface area contributed by atoms with Crippen LogP contribution in [-0.2, 0) is 9.53 Å². The van der Waals surface area contributed by atoms with Gasteiger partial charge in [-0.1, -0.05) is 12.1 Å².